The van der Waals surface area contributed by atoms with Crippen LogP contribution in [0.1, 0.15) is 64.9 Å². The number of carbonyl (C=O) groups is 1. The van der Waals surface area contributed by atoms with Crippen LogP contribution in [0, 0.1) is 11.8 Å². The second kappa shape index (κ2) is 7.15. The van der Waals surface area contributed by atoms with Gasteiger partial charge in [-0.25, -0.2) is 0 Å². The monoisotopic (exact) mass is 404 g/mol. The standard InChI is InChI=1S/C22H32O5Si/c1-12(2)28(13(3)4,14(5)6)26-10-18-17(9-23)21-15-7-19-20(25-11-24-19)8-16(15)22(18)27-21/h7-9,12-14,17-18,21-22H,10-11H2,1-6H3/t17-,18+,21?,22+/m1/s1. The summed E-state index contributed by atoms with van der Waals surface area (Å²) in [6.45, 7) is 14.6. The molecule has 1 unspecified atom stereocenters. The molecule has 1 aromatic rings. The van der Waals surface area contributed by atoms with Gasteiger partial charge in [-0.15, -0.1) is 0 Å². The average Bonchev–Trinajstić information content (AvgIpc) is 3.32. The van der Waals surface area contributed by atoms with E-state index in [0.717, 1.165) is 28.9 Å². The van der Waals surface area contributed by atoms with Crippen molar-refractivity contribution >= 4 is 14.6 Å². The normalized spacial score (nSPS) is 27.9. The van der Waals surface area contributed by atoms with Gasteiger partial charge in [0.25, 0.3) is 0 Å². The highest BCUT2D eigenvalue weighted by molar-refractivity contribution is 6.77. The average molecular weight is 405 g/mol. The third kappa shape index (κ3) is 2.76. The van der Waals surface area contributed by atoms with Crippen molar-refractivity contribution in [2.45, 2.75) is 70.4 Å². The molecule has 0 aliphatic carbocycles. The largest absolute Gasteiger partial charge is 0.454 e. The minimum absolute atomic E-state index is 0.0542. The summed E-state index contributed by atoms with van der Waals surface area (Å²) in [5.74, 6) is 1.40. The van der Waals surface area contributed by atoms with Crippen molar-refractivity contribution in [3.05, 3.63) is 23.3 Å². The highest BCUT2D eigenvalue weighted by Crippen LogP contribution is 2.59. The molecule has 1 fully saturated rings. The van der Waals surface area contributed by atoms with Gasteiger partial charge >= 0.3 is 0 Å². The zero-order valence-electron chi connectivity index (χ0n) is 17.7. The van der Waals surface area contributed by atoms with Gasteiger partial charge in [-0.2, -0.15) is 0 Å². The molecule has 3 aliphatic heterocycles. The van der Waals surface area contributed by atoms with Crippen molar-refractivity contribution in [1.29, 1.82) is 0 Å². The van der Waals surface area contributed by atoms with E-state index in [4.69, 9.17) is 18.6 Å². The van der Waals surface area contributed by atoms with Gasteiger partial charge in [0, 0.05) is 12.5 Å². The smallest absolute Gasteiger partial charge is 0.231 e. The molecule has 3 aliphatic rings. The lowest BCUT2D eigenvalue weighted by molar-refractivity contribution is -0.113. The molecule has 1 saturated heterocycles. The summed E-state index contributed by atoms with van der Waals surface area (Å²) >= 11 is 0. The number of benzene rings is 1. The summed E-state index contributed by atoms with van der Waals surface area (Å²) in [7, 11) is -1.99. The SMILES string of the molecule is CC(C)[Si](OC[C@@H]1[C@H]2OC(c3cc4c(cc32)OCO4)[C@@H]1C=O)(C(C)C)C(C)C. The van der Waals surface area contributed by atoms with Crippen LogP contribution in [-0.4, -0.2) is 28.0 Å². The summed E-state index contributed by atoms with van der Waals surface area (Å²) in [6.07, 6.45) is 0.756. The van der Waals surface area contributed by atoms with Crippen molar-refractivity contribution < 1.29 is 23.4 Å². The molecule has 4 rings (SSSR count). The number of rotatable bonds is 7. The van der Waals surface area contributed by atoms with Crippen LogP contribution < -0.4 is 9.47 Å². The van der Waals surface area contributed by atoms with Crippen LogP contribution >= 0.6 is 0 Å². The molecule has 28 heavy (non-hydrogen) atoms. The fourth-order valence-corrected chi connectivity index (χ4v) is 11.4. The minimum Gasteiger partial charge on any atom is -0.454 e. The van der Waals surface area contributed by atoms with Crippen LogP contribution in [0.5, 0.6) is 11.5 Å². The van der Waals surface area contributed by atoms with Gasteiger partial charge in [-0.1, -0.05) is 41.5 Å². The lowest BCUT2D eigenvalue weighted by atomic mass is 9.77. The molecular weight excluding hydrogens is 372 g/mol. The summed E-state index contributed by atoms with van der Waals surface area (Å²) in [5.41, 5.74) is 3.75. The Morgan fingerprint density at radius 2 is 1.54 bits per heavy atom. The molecule has 6 heteroatoms. The Kier molecular flexibility index (Phi) is 5.09. The Labute approximate surface area is 168 Å². The number of fused-ring (bicyclic) bond motifs is 6. The third-order valence-electron chi connectivity index (χ3n) is 7.11. The molecule has 0 saturated carbocycles. The topological polar surface area (TPSA) is 54.0 Å². The van der Waals surface area contributed by atoms with E-state index < -0.39 is 8.32 Å². The highest BCUT2D eigenvalue weighted by atomic mass is 28.4. The zero-order valence-corrected chi connectivity index (χ0v) is 18.7. The molecule has 5 nitrogen and oxygen atoms in total. The lowest BCUT2D eigenvalue weighted by Crippen LogP contribution is -2.49. The Morgan fingerprint density at radius 3 is 2.04 bits per heavy atom. The van der Waals surface area contributed by atoms with E-state index in [0.29, 0.717) is 23.2 Å². The molecule has 4 atom stereocenters. The van der Waals surface area contributed by atoms with E-state index in [-0.39, 0.29) is 30.8 Å². The van der Waals surface area contributed by atoms with Gasteiger partial charge in [0.2, 0.25) is 6.79 Å². The van der Waals surface area contributed by atoms with Crippen LogP contribution in [0.15, 0.2) is 12.1 Å². The Balaban J connectivity index is 1.61. The first kappa shape index (κ1) is 19.9. The zero-order chi connectivity index (χ0) is 20.2. The van der Waals surface area contributed by atoms with E-state index in [1.165, 1.54) is 0 Å². The van der Waals surface area contributed by atoms with E-state index >= 15 is 0 Å². The fourth-order valence-electron chi connectivity index (χ4n) is 5.94. The third-order valence-corrected chi connectivity index (χ3v) is 13.2. The van der Waals surface area contributed by atoms with Gasteiger partial charge in [0.15, 0.2) is 19.8 Å². The van der Waals surface area contributed by atoms with Crippen LogP contribution in [0.3, 0.4) is 0 Å². The van der Waals surface area contributed by atoms with Gasteiger partial charge in [-0.05, 0) is 39.9 Å². The minimum atomic E-state index is -1.99. The maximum atomic E-state index is 12.0. The van der Waals surface area contributed by atoms with Crippen LogP contribution in [-0.2, 0) is 14.0 Å². The molecule has 0 spiro atoms. The first-order valence-corrected chi connectivity index (χ1v) is 12.6. The molecular formula is C22H32O5Si. The number of hydrogen-bond acceptors (Lipinski definition) is 5. The molecule has 0 amide bonds. The maximum absolute atomic E-state index is 12.0. The second-order valence-corrected chi connectivity index (χ2v) is 14.8. The van der Waals surface area contributed by atoms with Gasteiger partial charge in [-0.3, -0.25) is 0 Å². The predicted octanol–water partition coefficient (Wildman–Crippen LogP) is 5.16. The summed E-state index contributed by atoms with van der Waals surface area (Å²) < 4.78 is 24.2. The first-order chi connectivity index (χ1) is 13.3. The maximum Gasteiger partial charge on any atom is 0.231 e. The van der Waals surface area contributed by atoms with Crippen molar-refractivity contribution in [2.75, 3.05) is 13.4 Å². The van der Waals surface area contributed by atoms with Crippen molar-refractivity contribution in [2.24, 2.45) is 11.8 Å². The molecule has 3 heterocycles. The number of carbonyl (C=O) groups excluding carboxylic acids is 1. The van der Waals surface area contributed by atoms with Gasteiger partial charge in [0.1, 0.15) is 6.29 Å². The van der Waals surface area contributed by atoms with E-state index in [1.807, 2.05) is 12.1 Å². The molecule has 0 aromatic heterocycles. The number of ether oxygens (including phenoxy) is 3. The molecule has 0 radical (unpaired) electrons. The van der Waals surface area contributed by atoms with Crippen molar-refractivity contribution in [1.82, 2.24) is 0 Å². The fraction of sp³-hybridized carbons (Fsp3) is 0.682. The first-order valence-electron chi connectivity index (χ1n) is 10.5. The predicted molar refractivity (Wildman–Crippen MR) is 109 cm³/mol. The highest BCUT2D eigenvalue weighted by Gasteiger charge is 2.54. The summed E-state index contributed by atoms with van der Waals surface area (Å²) in [5, 5.41) is 0. The molecule has 1 aromatic carbocycles. The second-order valence-electron chi connectivity index (χ2n) is 9.32. The Bertz CT molecular complexity index is 738. The lowest BCUT2D eigenvalue weighted by Gasteiger charge is -2.43. The Hall–Kier alpha value is -1.37. The van der Waals surface area contributed by atoms with Crippen molar-refractivity contribution in [3.63, 3.8) is 0 Å². The van der Waals surface area contributed by atoms with E-state index in [1.54, 1.807) is 0 Å². The van der Waals surface area contributed by atoms with E-state index in [9.17, 15) is 4.79 Å². The van der Waals surface area contributed by atoms with E-state index in [2.05, 4.69) is 41.5 Å². The quantitative estimate of drug-likeness (QED) is 0.464. The van der Waals surface area contributed by atoms with Crippen LogP contribution in [0.25, 0.3) is 0 Å². The van der Waals surface area contributed by atoms with Gasteiger partial charge in [0.05, 0.1) is 18.1 Å². The molecule has 0 N–H and O–H groups in total. The summed E-state index contributed by atoms with van der Waals surface area (Å²) in [6, 6.07) is 4.03. The van der Waals surface area contributed by atoms with Crippen LogP contribution in [0.4, 0.5) is 0 Å². The van der Waals surface area contributed by atoms with Crippen molar-refractivity contribution in [3.8, 4) is 11.5 Å². The Morgan fingerprint density at radius 1 is 1.00 bits per heavy atom. The number of aldehydes is 1. The molecule has 154 valence electrons. The number of hydrogen-bond donors (Lipinski definition) is 0. The summed E-state index contributed by atoms with van der Waals surface area (Å²) in [4.78, 5) is 12.0. The van der Waals surface area contributed by atoms with Crippen LogP contribution in [0.2, 0.25) is 16.6 Å². The molecule has 2 bridgehead atoms. The van der Waals surface area contributed by atoms with Gasteiger partial charge < -0.3 is 23.4 Å².